The monoisotopic (exact) mass is 388 g/mol. The number of carbonyl (C=O) groups excluding carboxylic acids is 1. The number of carbonyl (C=O) groups is 1. The smallest absolute Gasteiger partial charge is 0.295 e. The third kappa shape index (κ3) is 3.66. The molecule has 1 aromatic heterocycles. The first-order chi connectivity index (χ1) is 13.6. The van der Waals surface area contributed by atoms with Gasteiger partial charge in [0.25, 0.3) is 5.91 Å². The maximum atomic E-state index is 12.7. The van der Waals surface area contributed by atoms with Crippen LogP contribution in [0.15, 0.2) is 78.9 Å². The van der Waals surface area contributed by atoms with Crippen molar-refractivity contribution in [2.75, 3.05) is 5.32 Å². The minimum absolute atomic E-state index is 0.0688. The molecule has 0 atom stereocenters. The van der Waals surface area contributed by atoms with Crippen LogP contribution in [0.2, 0.25) is 5.02 Å². The third-order valence-electron chi connectivity index (χ3n) is 4.23. The Labute approximate surface area is 167 Å². The normalized spacial score (nSPS) is 10.6. The van der Waals surface area contributed by atoms with Gasteiger partial charge < -0.3 is 5.32 Å². The molecule has 0 aliphatic carbocycles. The Hall–Kier alpha value is -3.44. The van der Waals surface area contributed by atoms with Crippen molar-refractivity contribution in [1.29, 1.82) is 0 Å². The minimum atomic E-state index is -0.383. The minimum Gasteiger partial charge on any atom is -0.319 e. The number of aromatic nitrogens is 3. The summed E-state index contributed by atoms with van der Waals surface area (Å²) in [5.74, 6) is 0.231. The SMILES string of the molecule is Cc1ccc(NC(=O)c2nc(-c3ccccc3)n(-c3ccccc3Cl)n2)cc1. The topological polar surface area (TPSA) is 59.8 Å². The molecule has 5 nitrogen and oxygen atoms in total. The molecule has 0 bridgehead atoms. The molecule has 28 heavy (non-hydrogen) atoms. The second kappa shape index (κ2) is 7.66. The van der Waals surface area contributed by atoms with E-state index in [1.54, 1.807) is 10.7 Å². The molecule has 1 N–H and O–H groups in total. The standard InChI is InChI=1S/C22H17ClN4O/c1-15-11-13-17(14-12-15)24-22(28)20-25-21(16-7-3-2-4-8-16)27(26-20)19-10-6-5-9-18(19)23/h2-14H,1H3,(H,24,28). The Kier molecular flexibility index (Phi) is 4.91. The van der Waals surface area contributed by atoms with Crippen molar-refractivity contribution in [3.8, 4) is 17.1 Å². The van der Waals surface area contributed by atoms with E-state index in [4.69, 9.17) is 11.6 Å². The number of halogens is 1. The Bertz CT molecular complexity index is 1120. The lowest BCUT2D eigenvalue weighted by Crippen LogP contribution is -2.14. The van der Waals surface area contributed by atoms with Gasteiger partial charge in [0.1, 0.15) is 0 Å². The second-order valence-corrected chi connectivity index (χ2v) is 6.72. The number of para-hydroxylation sites is 1. The molecular weight excluding hydrogens is 372 g/mol. The van der Waals surface area contributed by atoms with E-state index >= 15 is 0 Å². The average molecular weight is 389 g/mol. The summed E-state index contributed by atoms with van der Waals surface area (Å²) in [5.41, 5.74) is 3.30. The van der Waals surface area contributed by atoms with Crippen LogP contribution >= 0.6 is 11.6 Å². The van der Waals surface area contributed by atoms with E-state index in [-0.39, 0.29) is 11.7 Å². The highest BCUT2D eigenvalue weighted by atomic mass is 35.5. The fourth-order valence-corrected chi connectivity index (χ4v) is 3.01. The van der Waals surface area contributed by atoms with Crippen molar-refractivity contribution in [3.63, 3.8) is 0 Å². The molecule has 4 aromatic rings. The van der Waals surface area contributed by atoms with Crippen LogP contribution in [0.5, 0.6) is 0 Å². The maximum absolute atomic E-state index is 12.7. The van der Waals surface area contributed by atoms with Crippen LogP contribution in [0, 0.1) is 6.92 Å². The van der Waals surface area contributed by atoms with Crippen LogP contribution in [0.25, 0.3) is 17.1 Å². The molecule has 1 heterocycles. The lowest BCUT2D eigenvalue weighted by atomic mass is 10.2. The number of benzene rings is 3. The molecule has 3 aromatic carbocycles. The molecule has 0 radical (unpaired) electrons. The summed E-state index contributed by atoms with van der Waals surface area (Å²) in [6.07, 6.45) is 0. The Morgan fingerprint density at radius 3 is 2.32 bits per heavy atom. The maximum Gasteiger partial charge on any atom is 0.295 e. The summed E-state index contributed by atoms with van der Waals surface area (Å²) in [4.78, 5) is 17.2. The molecule has 1 amide bonds. The van der Waals surface area contributed by atoms with Crippen LogP contribution < -0.4 is 5.32 Å². The van der Waals surface area contributed by atoms with E-state index in [0.29, 0.717) is 22.2 Å². The highest BCUT2D eigenvalue weighted by Crippen LogP contribution is 2.26. The number of amides is 1. The van der Waals surface area contributed by atoms with Gasteiger partial charge in [0.05, 0.1) is 10.7 Å². The Morgan fingerprint density at radius 2 is 1.61 bits per heavy atom. The molecular formula is C22H17ClN4O. The van der Waals surface area contributed by atoms with Crippen LogP contribution in [-0.2, 0) is 0 Å². The first kappa shape index (κ1) is 17.9. The molecule has 0 unspecified atom stereocenters. The number of rotatable bonds is 4. The van der Waals surface area contributed by atoms with Crippen molar-refractivity contribution in [2.45, 2.75) is 6.92 Å². The van der Waals surface area contributed by atoms with Gasteiger partial charge in [0, 0.05) is 11.3 Å². The average Bonchev–Trinajstić information content (AvgIpc) is 3.16. The second-order valence-electron chi connectivity index (χ2n) is 6.31. The summed E-state index contributed by atoms with van der Waals surface area (Å²) >= 11 is 6.36. The Morgan fingerprint density at radius 1 is 0.929 bits per heavy atom. The van der Waals surface area contributed by atoms with Crippen LogP contribution in [0.1, 0.15) is 16.2 Å². The predicted molar refractivity (Wildman–Crippen MR) is 111 cm³/mol. The van der Waals surface area contributed by atoms with Gasteiger partial charge in [-0.15, -0.1) is 5.10 Å². The van der Waals surface area contributed by atoms with Gasteiger partial charge in [-0.05, 0) is 31.2 Å². The van der Waals surface area contributed by atoms with Crippen molar-refractivity contribution in [2.24, 2.45) is 0 Å². The molecule has 0 aliphatic heterocycles. The van der Waals surface area contributed by atoms with E-state index < -0.39 is 0 Å². The van der Waals surface area contributed by atoms with Crippen LogP contribution in [-0.4, -0.2) is 20.7 Å². The van der Waals surface area contributed by atoms with Crippen molar-refractivity contribution in [1.82, 2.24) is 14.8 Å². The number of nitrogens with zero attached hydrogens (tertiary/aromatic N) is 3. The van der Waals surface area contributed by atoms with E-state index in [0.717, 1.165) is 11.1 Å². The summed E-state index contributed by atoms with van der Waals surface area (Å²) in [6, 6.07) is 24.4. The largest absolute Gasteiger partial charge is 0.319 e. The highest BCUT2D eigenvalue weighted by molar-refractivity contribution is 6.32. The van der Waals surface area contributed by atoms with Gasteiger partial charge in [0.2, 0.25) is 5.82 Å². The van der Waals surface area contributed by atoms with Gasteiger partial charge in [-0.25, -0.2) is 9.67 Å². The fraction of sp³-hybridized carbons (Fsp3) is 0.0455. The predicted octanol–water partition coefficient (Wildman–Crippen LogP) is 5.15. The van der Waals surface area contributed by atoms with E-state index in [9.17, 15) is 4.79 Å². The van der Waals surface area contributed by atoms with E-state index in [1.165, 1.54) is 0 Å². The van der Waals surface area contributed by atoms with Crippen molar-refractivity contribution >= 4 is 23.2 Å². The highest BCUT2D eigenvalue weighted by Gasteiger charge is 2.20. The van der Waals surface area contributed by atoms with Gasteiger partial charge in [0.15, 0.2) is 5.82 Å². The number of hydrogen-bond donors (Lipinski definition) is 1. The molecule has 4 rings (SSSR count). The molecule has 0 fully saturated rings. The van der Waals surface area contributed by atoms with E-state index in [2.05, 4.69) is 15.4 Å². The lowest BCUT2D eigenvalue weighted by molar-refractivity contribution is 0.101. The third-order valence-corrected chi connectivity index (χ3v) is 4.55. The zero-order valence-corrected chi connectivity index (χ0v) is 15.9. The summed E-state index contributed by atoms with van der Waals surface area (Å²) in [7, 11) is 0. The number of hydrogen-bond acceptors (Lipinski definition) is 3. The summed E-state index contributed by atoms with van der Waals surface area (Å²) < 4.78 is 1.60. The number of anilines is 1. The van der Waals surface area contributed by atoms with Gasteiger partial charge in [-0.3, -0.25) is 4.79 Å². The number of aryl methyl sites for hydroxylation is 1. The quantitative estimate of drug-likeness (QED) is 0.526. The molecule has 6 heteroatoms. The van der Waals surface area contributed by atoms with E-state index in [1.807, 2.05) is 79.7 Å². The molecule has 0 saturated carbocycles. The molecule has 0 aliphatic rings. The lowest BCUT2D eigenvalue weighted by Gasteiger charge is -2.07. The van der Waals surface area contributed by atoms with Gasteiger partial charge in [-0.1, -0.05) is 71.8 Å². The zero-order valence-electron chi connectivity index (χ0n) is 15.1. The molecule has 138 valence electrons. The number of nitrogens with one attached hydrogen (secondary N) is 1. The summed E-state index contributed by atoms with van der Waals surface area (Å²) in [6.45, 7) is 1.99. The fourth-order valence-electron chi connectivity index (χ4n) is 2.80. The van der Waals surface area contributed by atoms with Gasteiger partial charge in [-0.2, -0.15) is 0 Å². The Balaban J connectivity index is 1.76. The first-order valence-electron chi connectivity index (χ1n) is 8.77. The van der Waals surface area contributed by atoms with Crippen molar-refractivity contribution < 1.29 is 4.79 Å². The van der Waals surface area contributed by atoms with Gasteiger partial charge >= 0.3 is 0 Å². The molecule has 0 spiro atoms. The zero-order chi connectivity index (χ0) is 19.5. The van der Waals surface area contributed by atoms with Crippen LogP contribution in [0.3, 0.4) is 0 Å². The van der Waals surface area contributed by atoms with Crippen LogP contribution in [0.4, 0.5) is 5.69 Å². The molecule has 0 saturated heterocycles. The first-order valence-corrected chi connectivity index (χ1v) is 9.15. The summed E-state index contributed by atoms with van der Waals surface area (Å²) in [5, 5.41) is 7.80. The van der Waals surface area contributed by atoms with Crippen molar-refractivity contribution in [3.05, 3.63) is 95.3 Å².